The molecule has 0 fully saturated rings. The van der Waals surface area contributed by atoms with Crippen LogP contribution in [-0.2, 0) is 30.3 Å². The van der Waals surface area contributed by atoms with Gasteiger partial charge in [0.05, 0.1) is 15.6 Å². The van der Waals surface area contributed by atoms with Gasteiger partial charge < -0.3 is 5.11 Å². The fourth-order valence-corrected chi connectivity index (χ4v) is 6.05. The van der Waals surface area contributed by atoms with E-state index in [4.69, 9.17) is 4.98 Å². The largest absolute Gasteiger partial charge is 0.512 e. The van der Waals surface area contributed by atoms with Crippen LogP contribution in [-0.4, -0.2) is 20.9 Å². The third-order valence-electron chi connectivity index (χ3n) is 7.93. The maximum atomic E-state index is 11.7. The van der Waals surface area contributed by atoms with Crippen LogP contribution in [0.15, 0.2) is 60.6 Å². The molecule has 43 heavy (non-hydrogen) atoms. The minimum atomic E-state index is 0. The van der Waals surface area contributed by atoms with Gasteiger partial charge >= 0.3 is 0 Å². The molecule has 0 aliphatic carbocycles. The van der Waals surface area contributed by atoms with Crippen molar-refractivity contribution in [1.82, 2.24) is 9.97 Å². The molecule has 4 nitrogen and oxygen atoms in total. The summed E-state index contributed by atoms with van der Waals surface area (Å²) >= 11 is 1.72. The van der Waals surface area contributed by atoms with Gasteiger partial charge in [-0.1, -0.05) is 83.7 Å². The van der Waals surface area contributed by atoms with E-state index in [0.29, 0.717) is 0 Å². The molecule has 0 atom stereocenters. The second kappa shape index (κ2) is 16.4. The Morgan fingerprint density at radius 2 is 1.58 bits per heavy atom. The number of aromatic nitrogens is 2. The number of carbonyl (C=O) groups is 1. The van der Waals surface area contributed by atoms with Crippen molar-refractivity contribution in [3.8, 4) is 21.7 Å². The van der Waals surface area contributed by atoms with Gasteiger partial charge in [-0.2, -0.15) is 0 Å². The minimum absolute atomic E-state index is 0. The molecule has 0 saturated carbocycles. The van der Waals surface area contributed by atoms with Crippen molar-refractivity contribution >= 4 is 27.9 Å². The summed E-state index contributed by atoms with van der Waals surface area (Å²) in [5, 5.41) is 13.2. The molecule has 0 aliphatic rings. The molecule has 0 unspecified atom stereocenters. The predicted molar refractivity (Wildman–Crippen MR) is 179 cm³/mol. The van der Waals surface area contributed by atoms with E-state index in [1.54, 1.807) is 11.3 Å². The topological polar surface area (TPSA) is 63.1 Å². The van der Waals surface area contributed by atoms with E-state index >= 15 is 0 Å². The molecule has 0 bridgehead atoms. The molecular weight excluding hydrogens is 729 g/mol. The van der Waals surface area contributed by atoms with E-state index in [0.717, 1.165) is 47.3 Å². The van der Waals surface area contributed by atoms with Crippen molar-refractivity contribution in [3.05, 3.63) is 82.8 Å². The van der Waals surface area contributed by atoms with Crippen LogP contribution in [0.2, 0.25) is 0 Å². The number of hydrogen-bond donors (Lipinski definition) is 1. The molecule has 0 aliphatic heterocycles. The molecule has 233 valence electrons. The summed E-state index contributed by atoms with van der Waals surface area (Å²) in [5.74, 6) is 0.547. The minimum Gasteiger partial charge on any atom is -0.512 e. The van der Waals surface area contributed by atoms with Gasteiger partial charge in [-0.15, -0.1) is 40.5 Å². The van der Waals surface area contributed by atoms with Gasteiger partial charge in [-0.05, 0) is 56.1 Å². The molecule has 1 radical (unpaired) electrons. The number of nitrogens with zero attached hydrogens (tertiary/aromatic N) is 2. The zero-order valence-electron chi connectivity index (χ0n) is 27.2. The molecule has 4 aromatic rings. The third-order valence-corrected chi connectivity index (χ3v) is 8.88. The summed E-state index contributed by atoms with van der Waals surface area (Å²) in [4.78, 5) is 22.0. The van der Waals surface area contributed by atoms with E-state index in [1.165, 1.54) is 33.0 Å². The average Bonchev–Trinajstić information content (AvgIpc) is 3.39. The van der Waals surface area contributed by atoms with Crippen molar-refractivity contribution < 1.29 is 30.0 Å². The molecule has 0 spiro atoms. The molecule has 1 N–H and O–H groups in total. The maximum Gasteiger partial charge on any atom is 0.162 e. The first-order valence-corrected chi connectivity index (χ1v) is 16.0. The van der Waals surface area contributed by atoms with Crippen molar-refractivity contribution in [3.63, 3.8) is 0 Å². The zero-order valence-corrected chi connectivity index (χ0v) is 30.4. The Kier molecular flexibility index (Phi) is 14.0. The van der Waals surface area contributed by atoms with Gasteiger partial charge in [0.25, 0.3) is 0 Å². The number of hydrogen-bond acceptors (Lipinski definition) is 5. The van der Waals surface area contributed by atoms with E-state index in [-0.39, 0.29) is 48.9 Å². The van der Waals surface area contributed by atoms with E-state index in [1.807, 2.05) is 47.0 Å². The summed E-state index contributed by atoms with van der Waals surface area (Å²) in [7, 11) is 0. The van der Waals surface area contributed by atoms with Crippen molar-refractivity contribution in [2.75, 3.05) is 0 Å². The first-order valence-electron chi connectivity index (χ1n) is 15.2. The second-order valence-corrected chi connectivity index (χ2v) is 13.3. The number of aliphatic hydroxyl groups excluding tert-OH is 1. The molecule has 2 heterocycles. The van der Waals surface area contributed by atoms with Gasteiger partial charge in [0.1, 0.15) is 0 Å². The monoisotopic (exact) mass is 776 g/mol. The zero-order chi connectivity index (χ0) is 31.0. The van der Waals surface area contributed by atoms with Gasteiger partial charge in [0.2, 0.25) is 0 Å². The summed E-state index contributed by atoms with van der Waals surface area (Å²) in [5.41, 5.74) is 5.73. The van der Waals surface area contributed by atoms with E-state index in [2.05, 4.69) is 75.1 Å². The summed E-state index contributed by atoms with van der Waals surface area (Å²) in [6.45, 7) is 19.0. The van der Waals surface area contributed by atoms with Gasteiger partial charge in [0.15, 0.2) is 5.78 Å². The Balaban J connectivity index is 0.000000348. The van der Waals surface area contributed by atoms with E-state index < -0.39 is 0 Å². The van der Waals surface area contributed by atoms with Crippen molar-refractivity contribution in [1.29, 1.82) is 0 Å². The number of ketones is 1. The Morgan fingerprint density at radius 1 is 0.953 bits per heavy atom. The number of aryl methyl sites for hydroxylation is 2. The SMILES string of the molecule is CCC(CC)C(=O)/C=C(\O)C(CC)CC.Cc1ncc(-c2cc(-c3[c-]c4ccccc4c(C(C)(C)C)c3)ncc2C)s1.[Ir]. The second-order valence-electron chi connectivity index (χ2n) is 12.0. The quantitative estimate of drug-likeness (QED) is 0.104. The summed E-state index contributed by atoms with van der Waals surface area (Å²) < 4.78 is 0. The van der Waals surface area contributed by atoms with Gasteiger partial charge in [-0.25, -0.2) is 4.98 Å². The average molecular weight is 776 g/mol. The first kappa shape index (κ1) is 36.5. The summed E-state index contributed by atoms with van der Waals surface area (Å²) in [6, 6.07) is 16.5. The van der Waals surface area contributed by atoms with Crippen LogP contribution in [0, 0.1) is 31.7 Å². The molecular formula is C37H47IrN2O2S-. The normalized spacial score (nSPS) is 11.8. The number of rotatable bonds is 9. The van der Waals surface area contributed by atoms with Crippen LogP contribution in [0.5, 0.6) is 0 Å². The number of fused-ring (bicyclic) bond motifs is 1. The van der Waals surface area contributed by atoms with Crippen LogP contribution in [0.4, 0.5) is 0 Å². The Morgan fingerprint density at radius 3 is 2.14 bits per heavy atom. The molecule has 6 heteroatoms. The maximum absolute atomic E-state index is 11.7. The molecule has 0 amide bonds. The molecule has 2 aromatic heterocycles. The summed E-state index contributed by atoms with van der Waals surface area (Å²) in [6.07, 6.45) is 8.82. The van der Waals surface area contributed by atoms with Crippen molar-refractivity contribution in [2.45, 2.75) is 93.4 Å². The number of allylic oxidation sites excluding steroid dienone is 2. The standard InChI is InChI=1S/C24H23N2S.C13H24O2.Ir/c1-15-13-26-22(12-20(15)23-14-25-16(2)27-23)18-10-17-8-6-7-9-19(17)21(11-18)24(3,4)5;1-5-10(6-2)12(14)9-13(15)11(7-3)8-4;/h6-9,11-14H,1-5H3;9-11,14H,5-8H2,1-4H3;/q-1;;/b;12-9-;. The Hall–Kier alpha value is -2.66. The van der Waals surface area contributed by atoms with Crippen LogP contribution in [0.25, 0.3) is 32.5 Å². The number of thiazole rings is 1. The van der Waals surface area contributed by atoms with Crippen LogP contribution in [0.1, 0.15) is 90.3 Å². The fourth-order valence-electron chi connectivity index (χ4n) is 5.19. The third kappa shape index (κ3) is 9.41. The fraction of sp³-hybridized carbons (Fsp3) is 0.432. The number of benzene rings is 2. The van der Waals surface area contributed by atoms with Gasteiger partial charge in [-0.3, -0.25) is 9.78 Å². The van der Waals surface area contributed by atoms with Crippen LogP contribution >= 0.6 is 11.3 Å². The van der Waals surface area contributed by atoms with Crippen LogP contribution in [0.3, 0.4) is 0 Å². The molecule has 2 aromatic carbocycles. The van der Waals surface area contributed by atoms with Crippen LogP contribution < -0.4 is 0 Å². The Bertz CT molecular complexity index is 1530. The smallest absolute Gasteiger partial charge is 0.162 e. The first-order chi connectivity index (χ1) is 19.9. The van der Waals surface area contributed by atoms with Gasteiger partial charge in [0, 0.05) is 56.1 Å². The molecule has 4 rings (SSSR count). The van der Waals surface area contributed by atoms with Crippen molar-refractivity contribution in [2.24, 2.45) is 11.8 Å². The number of pyridine rings is 1. The predicted octanol–water partition coefficient (Wildman–Crippen LogP) is 10.6. The number of carbonyl (C=O) groups excluding carboxylic acids is 1. The molecule has 0 saturated heterocycles. The number of aliphatic hydroxyl groups is 1. The Labute approximate surface area is 276 Å². The van der Waals surface area contributed by atoms with E-state index in [9.17, 15) is 9.90 Å².